The molecule has 166 valence electrons. The Morgan fingerprint density at radius 3 is 1.76 bits per heavy atom. The van der Waals surface area contributed by atoms with Crippen LogP contribution in [-0.2, 0) is 4.74 Å². The molecule has 0 atom stereocenters. The maximum absolute atomic E-state index is 12.1. The molecular formula is C22H18N6O5. The minimum absolute atomic E-state index is 0.0929. The minimum Gasteiger partial charge on any atom is -0.507 e. The van der Waals surface area contributed by atoms with E-state index < -0.39 is 17.8 Å². The van der Waals surface area contributed by atoms with Crippen LogP contribution in [0.5, 0.6) is 5.75 Å². The van der Waals surface area contributed by atoms with E-state index in [-0.39, 0.29) is 22.4 Å². The molecule has 1 aromatic carbocycles. The van der Waals surface area contributed by atoms with Crippen molar-refractivity contribution in [2.24, 2.45) is 10.2 Å². The Hall–Kier alpha value is -4.93. The standard InChI is InChI=1S/C22H18N6O5/c1-33-22(32)16-8-17(12-25-27-20(30)14-4-2-6-23-10-14)19(29)18(9-16)13-26-28-21(31)15-5-3-7-24-11-15/h2-13,29H,1H3,(H,27,30)(H,28,31)/b25-12+,26-13+. The number of carbonyl (C=O) groups excluding carboxylic acids is 3. The molecule has 2 aromatic heterocycles. The zero-order valence-electron chi connectivity index (χ0n) is 17.3. The average Bonchev–Trinajstić information content (AvgIpc) is 2.86. The number of hydrogen-bond donors (Lipinski definition) is 3. The van der Waals surface area contributed by atoms with Crippen molar-refractivity contribution in [3.05, 3.63) is 89.0 Å². The number of ether oxygens (including phenoxy) is 1. The Balaban J connectivity index is 1.80. The molecule has 3 N–H and O–H groups in total. The fraction of sp³-hybridized carbons (Fsp3) is 0.0455. The molecule has 0 fully saturated rings. The summed E-state index contributed by atoms with van der Waals surface area (Å²) in [5.41, 5.74) is 5.48. The first-order valence-corrected chi connectivity index (χ1v) is 9.41. The van der Waals surface area contributed by atoms with Gasteiger partial charge in [-0.3, -0.25) is 19.6 Å². The van der Waals surface area contributed by atoms with Crippen molar-refractivity contribution in [2.75, 3.05) is 7.11 Å². The van der Waals surface area contributed by atoms with E-state index in [1.165, 1.54) is 44.0 Å². The van der Waals surface area contributed by atoms with Crippen molar-refractivity contribution in [1.82, 2.24) is 20.8 Å². The van der Waals surface area contributed by atoms with Crippen LogP contribution in [0.3, 0.4) is 0 Å². The van der Waals surface area contributed by atoms with E-state index in [0.29, 0.717) is 11.1 Å². The number of phenols is 1. The Kier molecular flexibility index (Phi) is 7.52. The van der Waals surface area contributed by atoms with Gasteiger partial charge in [-0.1, -0.05) is 0 Å². The molecule has 11 heteroatoms. The number of hydrazone groups is 2. The Morgan fingerprint density at radius 1 is 0.879 bits per heavy atom. The van der Waals surface area contributed by atoms with Gasteiger partial charge in [0.1, 0.15) is 5.75 Å². The first kappa shape index (κ1) is 22.7. The molecule has 0 saturated carbocycles. The third-order valence-corrected chi connectivity index (χ3v) is 4.18. The quantitative estimate of drug-likeness (QED) is 0.282. The number of carbonyl (C=O) groups is 3. The van der Waals surface area contributed by atoms with E-state index in [1.807, 2.05) is 0 Å². The molecule has 0 saturated heterocycles. The maximum atomic E-state index is 12.1. The molecule has 0 spiro atoms. The number of phenolic OH excluding ortho intramolecular Hbond substituents is 1. The van der Waals surface area contributed by atoms with Crippen LogP contribution in [0.4, 0.5) is 0 Å². The zero-order chi connectivity index (χ0) is 23.6. The predicted molar refractivity (Wildman–Crippen MR) is 118 cm³/mol. The maximum Gasteiger partial charge on any atom is 0.337 e. The summed E-state index contributed by atoms with van der Waals surface area (Å²) in [4.78, 5) is 43.8. The Bertz CT molecular complexity index is 1130. The van der Waals surface area contributed by atoms with Gasteiger partial charge in [0.05, 0.1) is 36.2 Å². The largest absolute Gasteiger partial charge is 0.507 e. The van der Waals surface area contributed by atoms with E-state index in [9.17, 15) is 19.5 Å². The number of methoxy groups -OCH3 is 1. The summed E-state index contributed by atoms with van der Waals surface area (Å²) in [5, 5.41) is 18.2. The van der Waals surface area contributed by atoms with E-state index in [2.05, 4.69) is 31.0 Å². The molecule has 3 aromatic rings. The summed E-state index contributed by atoms with van der Waals surface area (Å²) in [6, 6.07) is 8.97. The topological polar surface area (TPSA) is 155 Å². The van der Waals surface area contributed by atoms with Crippen molar-refractivity contribution < 1.29 is 24.2 Å². The number of aromatic hydroxyl groups is 1. The predicted octanol–water partition coefficient (Wildman–Crippen LogP) is 1.50. The van der Waals surface area contributed by atoms with E-state index in [4.69, 9.17) is 4.74 Å². The summed E-state index contributed by atoms with van der Waals surface area (Å²) < 4.78 is 4.72. The number of amides is 2. The normalized spacial score (nSPS) is 10.8. The summed E-state index contributed by atoms with van der Waals surface area (Å²) in [6.45, 7) is 0. The molecule has 3 rings (SSSR count). The highest BCUT2D eigenvalue weighted by molar-refractivity contribution is 6.00. The lowest BCUT2D eigenvalue weighted by Crippen LogP contribution is -2.18. The van der Waals surface area contributed by atoms with Gasteiger partial charge in [0.25, 0.3) is 11.8 Å². The lowest BCUT2D eigenvalue weighted by molar-refractivity contribution is 0.0600. The summed E-state index contributed by atoms with van der Waals surface area (Å²) in [6.07, 6.45) is 8.10. The smallest absolute Gasteiger partial charge is 0.337 e. The van der Waals surface area contributed by atoms with Gasteiger partial charge in [-0.05, 0) is 36.4 Å². The molecule has 2 amide bonds. The monoisotopic (exact) mass is 446 g/mol. The fourth-order valence-corrected chi connectivity index (χ4v) is 2.56. The third-order valence-electron chi connectivity index (χ3n) is 4.18. The van der Waals surface area contributed by atoms with Crippen molar-refractivity contribution in [2.45, 2.75) is 0 Å². The molecule has 0 aliphatic rings. The molecule has 11 nitrogen and oxygen atoms in total. The lowest BCUT2D eigenvalue weighted by atomic mass is 10.0. The molecule has 0 radical (unpaired) electrons. The number of esters is 1. The molecule has 2 heterocycles. The van der Waals surface area contributed by atoms with E-state index >= 15 is 0 Å². The van der Waals surface area contributed by atoms with Gasteiger partial charge < -0.3 is 9.84 Å². The van der Waals surface area contributed by atoms with Crippen LogP contribution in [-0.4, -0.2) is 52.4 Å². The molecule has 0 aliphatic heterocycles. The van der Waals surface area contributed by atoms with Gasteiger partial charge >= 0.3 is 5.97 Å². The number of pyridine rings is 2. The second-order valence-corrected chi connectivity index (χ2v) is 6.38. The highest BCUT2D eigenvalue weighted by atomic mass is 16.5. The van der Waals surface area contributed by atoms with Crippen LogP contribution < -0.4 is 10.9 Å². The number of nitrogens with one attached hydrogen (secondary N) is 2. The molecule has 33 heavy (non-hydrogen) atoms. The van der Waals surface area contributed by atoms with Crippen molar-refractivity contribution in [3.8, 4) is 5.75 Å². The summed E-state index contributed by atoms with van der Waals surface area (Å²) in [7, 11) is 1.21. The van der Waals surface area contributed by atoms with Gasteiger partial charge in [0.15, 0.2) is 0 Å². The Labute approximate surface area is 187 Å². The Morgan fingerprint density at radius 2 is 1.36 bits per heavy atom. The number of benzene rings is 1. The van der Waals surface area contributed by atoms with E-state index in [1.54, 1.807) is 24.3 Å². The second-order valence-electron chi connectivity index (χ2n) is 6.38. The lowest BCUT2D eigenvalue weighted by Gasteiger charge is -2.07. The average molecular weight is 446 g/mol. The van der Waals surface area contributed by atoms with Crippen LogP contribution in [0, 0.1) is 0 Å². The first-order chi connectivity index (χ1) is 16.0. The van der Waals surface area contributed by atoms with Crippen LogP contribution >= 0.6 is 0 Å². The zero-order valence-corrected chi connectivity index (χ0v) is 17.3. The number of aromatic nitrogens is 2. The van der Waals surface area contributed by atoms with Gasteiger partial charge in [-0.25, -0.2) is 15.6 Å². The van der Waals surface area contributed by atoms with Crippen LogP contribution in [0.1, 0.15) is 42.2 Å². The van der Waals surface area contributed by atoms with Gasteiger partial charge in [-0.2, -0.15) is 10.2 Å². The van der Waals surface area contributed by atoms with Crippen LogP contribution in [0.25, 0.3) is 0 Å². The third kappa shape index (κ3) is 6.04. The van der Waals surface area contributed by atoms with Crippen molar-refractivity contribution >= 4 is 30.2 Å². The summed E-state index contributed by atoms with van der Waals surface area (Å²) >= 11 is 0. The number of rotatable bonds is 7. The van der Waals surface area contributed by atoms with Crippen LogP contribution in [0.15, 0.2) is 71.4 Å². The molecule has 0 unspecified atom stereocenters. The van der Waals surface area contributed by atoms with Crippen molar-refractivity contribution in [3.63, 3.8) is 0 Å². The van der Waals surface area contributed by atoms with Gasteiger partial charge in [0.2, 0.25) is 0 Å². The molecule has 0 aliphatic carbocycles. The van der Waals surface area contributed by atoms with Gasteiger partial charge in [0, 0.05) is 35.9 Å². The minimum atomic E-state index is -0.668. The van der Waals surface area contributed by atoms with Crippen molar-refractivity contribution in [1.29, 1.82) is 0 Å². The fourth-order valence-electron chi connectivity index (χ4n) is 2.56. The number of nitrogens with zero attached hydrogens (tertiary/aromatic N) is 4. The number of hydrogen-bond acceptors (Lipinski definition) is 9. The highest BCUT2D eigenvalue weighted by Gasteiger charge is 2.14. The summed E-state index contributed by atoms with van der Waals surface area (Å²) in [5.74, 6) is -1.98. The molecule has 0 bridgehead atoms. The SMILES string of the molecule is COC(=O)c1cc(/C=N/NC(=O)c2cccnc2)c(O)c(/C=N/NC(=O)c2cccnc2)c1. The van der Waals surface area contributed by atoms with E-state index in [0.717, 1.165) is 12.4 Å². The van der Waals surface area contributed by atoms with Crippen LogP contribution in [0.2, 0.25) is 0 Å². The highest BCUT2D eigenvalue weighted by Crippen LogP contribution is 2.22. The first-order valence-electron chi connectivity index (χ1n) is 9.41. The second kappa shape index (κ2) is 10.9. The molecular weight excluding hydrogens is 428 g/mol. The van der Waals surface area contributed by atoms with Gasteiger partial charge in [-0.15, -0.1) is 0 Å².